The molecule has 0 unspecified atom stereocenters. The van der Waals surface area contributed by atoms with E-state index >= 15 is 0 Å². The third-order valence-corrected chi connectivity index (χ3v) is 4.64. The summed E-state index contributed by atoms with van der Waals surface area (Å²) in [7, 11) is 0. The van der Waals surface area contributed by atoms with Gasteiger partial charge >= 0.3 is 0 Å². The van der Waals surface area contributed by atoms with E-state index in [1.807, 2.05) is 11.8 Å². The Morgan fingerprint density at radius 2 is 2.17 bits per heavy atom. The number of hydrogen-bond donors (Lipinski definition) is 2. The number of nitro benzene ring substituents is 1. The van der Waals surface area contributed by atoms with Gasteiger partial charge in [-0.1, -0.05) is 18.9 Å². The van der Waals surface area contributed by atoms with Crippen molar-refractivity contribution in [2.75, 3.05) is 5.43 Å². The minimum Gasteiger partial charge on any atom is -0.318 e. The van der Waals surface area contributed by atoms with E-state index in [1.165, 1.54) is 31.7 Å². The maximum atomic E-state index is 10.8. The van der Waals surface area contributed by atoms with Crippen LogP contribution in [0.4, 0.5) is 11.4 Å². The van der Waals surface area contributed by atoms with Gasteiger partial charge in [-0.2, -0.15) is 11.8 Å². The first-order valence-corrected chi connectivity index (χ1v) is 7.11. The lowest BCUT2D eigenvalue weighted by Gasteiger charge is -2.09. The standard InChI is InChI=1S/C12H17N3O2S/c13-14-11-7-9(5-6-12(11)15(16)17)8-18-10-3-1-2-4-10/h5-7,10,14H,1-4,8,13H2. The van der Waals surface area contributed by atoms with Crippen molar-refractivity contribution in [3.05, 3.63) is 33.9 Å². The smallest absolute Gasteiger partial charge is 0.293 e. The van der Waals surface area contributed by atoms with E-state index in [4.69, 9.17) is 5.84 Å². The van der Waals surface area contributed by atoms with Crippen LogP contribution in [-0.4, -0.2) is 10.2 Å². The van der Waals surface area contributed by atoms with Gasteiger partial charge in [0.05, 0.1) is 4.92 Å². The molecule has 1 aliphatic carbocycles. The highest BCUT2D eigenvalue weighted by atomic mass is 32.2. The summed E-state index contributed by atoms with van der Waals surface area (Å²) in [5, 5.41) is 11.5. The second-order valence-electron chi connectivity index (χ2n) is 4.47. The minimum absolute atomic E-state index is 0.0205. The molecule has 1 aromatic carbocycles. The van der Waals surface area contributed by atoms with Gasteiger partial charge in [-0.25, -0.2) is 0 Å². The van der Waals surface area contributed by atoms with E-state index in [1.54, 1.807) is 12.1 Å². The molecular weight excluding hydrogens is 250 g/mol. The van der Waals surface area contributed by atoms with Gasteiger partial charge in [-0.3, -0.25) is 16.0 Å². The number of nitrogens with zero attached hydrogens (tertiary/aromatic N) is 1. The third-order valence-electron chi connectivity index (χ3n) is 3.20. The molecule has 0 heterocycles. The van der Waals surface area contributed by atoms with Crippen molar-refractivity contribution in [1.82, 2.24) is 0 Å². The van der Waals surface area contributed by atoms with Crippen LogP contribution in [0, 0.1) is 10.1 Å². The lowest BCUT2D eigenvalue weighted by atomic mass is 10.2. The van der Waals surface area contributed by atoms with E-state index in [2.05, 4.69) is 5.43 Å². The van der Waals surface area contributed by atoms with Crippen molar-refractivity contribution in [2.24, 2.45) is 5.84 Å². The van der Waals surface area contributed by atoms with Crippen LogP contribution in [0.2, 0.25) is 0 Å². The van der Waals surface area contributed by atoms with Crippen molar-refractivity contribution in [3.63, 3.8) is 0 Å². The number of nitro groups is 1. The molecule has 3 N–H and O–H groups in total. The average molecular weight is 267 g/mol. The molecule has 0 radical (unpaired) electrons. The first-order chi connectivity index (χ1) is 8.70. The number of benzene rings is 1. The summed E-state index contributed by atoms with van der Waals surface area (Å²) in [5.74, 6) is 6.20. The van der Waals surface area contributed by atoms with Gasteiger partial charge in [0.2, 0.25) is 0 Å². The van der Waals surface area contributed by atoms with E-state index in [-0.39, 0.29) is 5.69 Å². The summed E-state index contributed by atoms with van der Waals surface area (Å²) in [6.07, 6.45) is 5.24. The Balaban J connectivity index is 2.02. The molecular formula is C12H17N3O2S. The third kappa shape index (κ3) is 3.14. The molecule has 18 heavy (non-hydrogen) atoms. The number of anilines is 1. The van der Waals surface area contributed by atoms with Crippen LogP contribution in [0.3, 0.4) is 0 Å². The molecule has 0 saturated heterocycles. The Labute approximate surface area is 110 Å². The number of thioether (sulfide) groups is 1. The van der Waals surface area contributed by atoms with E-state index < -0.39 is 4.92 Å². The quantitative estimate of drug-likeness (QED) is 0.487. The molecule has 0 atom stereocenters. The zero-order chi connectivity index (χ0) is 13.0. The summed E-state index contributed by atoms with van der Waals surface area (Å²) >= 11 is 1.93. The van der Waals surface area contributed by atoms with Gasteiger partial charge in [0.15, 0.2) is 0 Å². The second kappa shape index (κ2) is 6.06. The van der Waals surface area contributed by atoms with Gasteiger partial charge in [0.1, 0.15) is 5.69 Å². The Morgan fingerprint density at radius 1 is 1.44 bits per heavy atom. The zero-order valence-electron chi connectivity index (χ0n) is 10.1. The maximum absolute atomic E-state index is 10.8. The molecule has 1 saturated carbocycles. The fraction of sp³-hybridized carbons (Fsp3) is 0.500. The van der Waals surface area contributed by atoms with Crippen molar-refractivity contribution in [2.45, 2.75) is 36.7 Å². The first kappa shape index (κ1) is 13.2. The highest BCUT2D eigenvalue weighted by molar-refractivity contribution is 7.99. The van der Waals surface area contributed by atoms with Crippen LogP contribution in [0.25, 0.3) is 0 Å². The average Bonchev–Trinajstić information content (AvgIpc) is 2.88. The summed E-state index contributed by atoms with van der Waals surface area (Å²) in [6.45, 7) is 0. The first-order valence-electron chi connectivity index (χ1n) is 6.06. The van der Waals surface area contributed by atoms with E-state index in [9.17, 15) is 10.1 Å². The molecule has 98 valence electrons. The van der Waals surface area contributed by atoms with Gasteiger partial charge in [0.25, 0.3) is 5.69 Å². The monoisotopic (exact) mass is 267 g/mol. The van der Waals surface area contributed by atoms with E-state index in [0.29, 0.717) is 5.69 Å². The molecule has 0 amide bonds. The van der Waals surface area contributed by atoms with Crippen LogP contribution < -0.4 is 11.3 Å². The van der Waals surface area contributed by atoms with Crippen molar-refractivity contribution >= 4 is 23.1 Å². The SMILES string of the molecule is NNc1cc(CSC2CCCC2)ccc1[N+](=O)[O-]. The van der Waals surface area contributed by atoms with Gasteiger partial charge in [-0.15, -0.1) is 0 Å². The molecule has 6 heteroatoms. The normalized spacial score (nSPS) is 15.8. The molecule has 0 spiro atoms. The van der Waals surface area contributed by atoms with Crippen LogP contribution in [0.15, 0.2) is 18.2 Å². The second-order valence-corrected chi connectivity index (χ2v) is 5.76. The molecule has 1 aromatic rings. The Hall–Kier alpha value is -1.27. The summed E-state index contributed by atoms with van der Waals surface area (Å²) in [5.41, 5.74) is 3.87. The number of hydrogen-bond acceptors (Lipinski definition) is 5. The molecule has 0 aliphatic heterocycles. The zero-order valence-corrected chi connectivity index (χ0v) is 10.9. The molecule has 5 nitrogen and oxygen atoms in total. The molecule has 0 aromatic heterocycles. The van der Waals surface area contributed by atoms with Crippen LogP contribution in [0.5, 0.6) is 0 Å². The Bertz CT molecular complexity index is 433. The summed E-state index contributed by atoms with van der Waals surface area (Å²) < 4.78 is 0. The number of nitrogens with one attached hydrogen (secondary N) is 1. The van der Waals surface area contributed by atoms with Gasteiger partial charge < -0.3 is 5.43 Å². The fourth-order valence-electron chi connectivity index (χ4n) is 2.22. The van der Waals surface area contributed by atoms with Crippen molar-refractivity contribution in [3.8, 4) is 0 Å². The summed E-state index contributed by atoms with van der Waals surface area (Å²) in [6, 6.07) is 5.08. The maximum Gasteiger partial charge on any atom is 0.293 e. The fourth-order valence-corrected chi connectivity index (χ4v) is 3.49. The molecule has 0 bridgehead atoms. The number of nitrogens with two attached hydrogens (primary N) is 1. The number of rotatable bonds is 5. The van der Waals surface area contributed by atoms with E-state index in [0.717, 1.165) is 16.6 Å². The van der Waals surface area contributed by atoms with Crippen LogP contribution >= 0.6 is 11.8 Å². The van der Waals surface area contributed by atoms with Crippen molar-refractivity contribution < 1.29 is 4.92 Å². The lowest BCUT2D eigenvalue weighted by Crippen LogP contribution is -2.09. The van der Waals surface area contributed by atoms with Gasteiger partial charge in [0, 0.05) is 17.1 Å². The van der Waals surface area contributed by atoms with Crippen molar-refractivity contribution in [1.29, 1.82) is 0 Å². The Kier molecular flexibility index (Phi) is 4.43. The lowest BCUT2D eigenvalue weighted by molar-refractivity contribution is -0.384. The number of hydrazine groups is 1. The molecule has 2 rings (SSSR count). The highest BCUT2D eigenvalue weighted by Gasteiger charge is 2.17. The topological polar surface area (TPSA) is 81.2 Å². The molecule has 1 aliphatic rings. The Morgan fingerprint density at radius 3 is 2.78 bits per heavy atom. The predicted octanol–water partition coefficient (Wildman–Crippen LogP) is 3.06. The summed E-state index contributed by atoms with van der Waals surface area (Å²) in [4.78, 5) is 10.3. The van der Waals surface area contributed by atoms with Gasteiger partial charge in [-0.05, 0) is 24.5 Å². The predicted molar refractivity (Wildman–Crippen MR) is 74.5 cm³/mol. The minimum atomic E-state index is -0.427. The van der Waals surface area contributed by atoms with Crippen LogP contribution in [-0.2, 0) is 5.75 Å². The van der Waals surface area contributed by atoms with Crippen LogP contribution in [0.1, 0.15) is 31.2 Å². The largest absolute Gasteiger partial charge is 0.318 e. The highest BCUT2D eigenvalue weighted by Crippen LogP contribution is 2.33. The molecule has 1 fully saturated rings. The number of nitrogen functional groups attached to an aromatic ring is 1.